The Bertz CT molecular complexity index is 1090. The van der Waals surface area contributed by atoms with Gasteiger partial charge >= 0.3 is 5.97 Å². The number of aromatic nitrogens is 2. The molecule has 0 amide bonds. The average molecular weight is 466 g/mol. The third kappa shape index (κ3) is 6.21. The van der Waals surface area contributed by atoms with Gasteiger partial charge in [-0.1, -0.05) is 62.3 Å². The van der Waals surface area contributed by atoms with Crippen molar-refractivity contribution in [2.45, 2.75) is 45.3 Å². The minimum Gasteiger partial charge on any atom is -0.484 e. The highest BCUT2D eigenvalue weighted by atomic mass is 16.5. The Hall–Kier alpha value is -3.23. The molecule has 1 atom stereocenters. The maximum atomic E-state index is 10.8. The molecule has 1 N–H and O–H groups in total. The fraction of sp³-hybridized carbons (Fsp3) is 0.423. The van der Waals surface area contributed by atoms with E-state index in [1.807, 2.05) is 36.4 Å². The first-order chi connectivity index (χ1) is 16.3. The lowest BCUT2D eigenvalue weighted by Gasteiger charge is -2.32. The van der Waals surface area contributed by atoms with Crippen molar-refractivity contribution >= 4 is 5.97 Å². The second-order valence-corrected chi connectivity index (χ2v) is 9.50. The zero-order valence-corrected chi connectivity index (χ0v) is 19.9. The van der Waals surface area contributed by atoms with Gasteiger partial charge in [-0.3, -0.25) is 9.69 Å². The highest BCUT2D eigenvalue weighted by Crippen LogP contribution is 2.26. The first kappa shape index (κ1) is 23.9. The van der Waals surface area contributed by atoms with Gasteiger partial charge in [0.1, 0.15) is 5.75 Å². The number of aliphatic carboxylic acids is 1. The van der Waals surface area contributed by atoms with Crippen LogP contribution in [0.3, 0.4) is 0 Å². The summed E-state index contributed by atoms with van der Waals surface area (Å²) in [5.41, 5.74) is 3.27. The highest BCUT2D eigenvalue weighted by Gasteiger charge is 2.22. The average Bonchev–Trinajstić information content (AvgIpc) is 3.31. The van der Waals surface area contributed by atoms with Crippen LogP contribution in [-0.4, -0.2) is 52.4 Å². The van der Waals surface area contributed by atoms with Crippen LogP contribution >= 0.6 is 0 Å². The van der Waals surface area contributed by atoms with E-state index in [0.717, 1.165) is 17.7 Å². The van der Waals surface area contributed by atoms with Crippen LogP contribution in [0.15, 0.2) is 53.1 Å². The lowest BCUT2D eigenvalue weighted by molar-refractivity contribution is -0.137. The third-order valence-corrected chi connectivity index (χ3v) is 5.88. The molecule has 1 saturated heterocycles. The number of nitrogens with zero attached hydrogens (tertiary/aromatic N) is 3. The number of morpholine rings is 1. The molecule has 1 fully saturated rings. The Morgan fingerprint density at radius 2 is 1.88 bits per heavy atom. The number of hydrogen-bond acceptors (Lipinski definition) is 7. The Labute approximate surface area is 199 Å². The van der Waals surface area contributed by atoms with E-state index in [1.54, 1.807) is 0 Å². The van der Waals surface area contributed by atoms with Gasteiger partial charge in [-0.05, 0) is 28.7 Å². The van der Waals surface area contributed by atoms with Gasteiger partial charge in [0.25, 0.3) is 5.89 Å². The van der Waals surface area contributed by atoms with Crippen LogP contribution < -0.4 is 4.74 Å². The summed E-state index contributed by atoms with van der Waals surface area (Å²) < 4.78 is 17.1. The van der Waals surface area contributed by atoms with Crippen molar-refractivity contribution in [3.63, 3.8) is 0 Å². The topological polar surface area (TPSA) is 97.9 Å². The molecule has 1 aliphatic heterocycles. The number of rotatable bonds is 8. The van der Waals surface area contributed by atoms with Gasteiger partial charge in [0.2, 0.25) is 5.82 Å². The maximum Gasteiger partial charge on any atom is 0.304 e. The van der Waals surface area contributed by atoms with Crippen LogP contribution in [0.2, 0.25) is 0 Å². The normalized spacial score (nSPS) is 17.0. The fourth-order valence-electron chi connectivity index (χ4n) is 3.83. The van der Waals surface area contributed by atoms with Crippen LogP contribution in [0.1, 0.15) is 50.3 Å². The van der Waals surface area contributed by atoms with E-state index < -0.39 is 5.97 Å². The SMILES string of the molecule is CC(C)(C)c1ccc(-c2noc(COc3ccc(C4CN(CCC(=O)O)CCO4)cc3)n2)cc1. The number of hydrogen-bond donors (Lipinski definition) is 1. The Morgan fingerprint density at radius 3 is 2.56 bits per heavy atom. The van der Waals surface area contributed by atoms with Crippen molar-refractivity contribution in [3.05, 3.63) is 65.5 Å². The van der Waals surface area contributed by atoms with Crippen molar-refractivity contribution in [2.75, 3.05) is 26.2 Å². The van der Waals surface area contributed by atoms with E-state index in [4.69, 9.17) is 19.1 Å². The number of carbonyl (C=O) groups is 1. The number of benzene rings is 2. The van der Waals surface area contributed by atoms with E-state index in [9.17, 15) is 4.79 Å². The smallest absolute Gasteiger partial charge is 0.304 e. The number of ether oxygens (including phenoxy) is 2. The number of carboxylic acid groups (broad SMARTS) is 1. The molecule has 1 aliphatic rings. The summed E-state index contributed by atoms with van der Waals surface area (Å²) in [6, 6.07) is 15.9. The van der Waals surface area contributed by atoms with Crippen LogP contribution in [-0.2, 0) is 21.6 Å². The molecular formula is C26H31N3O5. The fourth-order valence-corrected chi connectivity index (χ4v) is 3.83. The van der Waals surface area contributed by atoms with E-state index in [0.29, 0.717) is 37.2 Å². The van der Waals surface area contributed by atoms with Gasteiger partial charge in [-0.15, -0.1) is 0 Å². The van der Waals surface area contributed by atoms with Crippen LogP contribution in [0.25, 0.3) is 11.4 Å². The minimum atomic E-state index is -0.781. The summed E-state index contributed by atoms with van der Waals surface area (Å²) in [5.74, 6) is 0.855. The molecule has 3 aromatic rings. The van der Waals surface area contributed by atoms with Crippen molar-refractivity contribution < 1.29 is 23.9 Å². The predicted octanol–water partition coefficient (Wildman–Crippen LogP) is 4.46. The lowest BCUT2D eigenvalue weighted by Crippen LogP contribution is -2.39. The molecule has 1 aromatic heterocycles. The third-order valence-electron chi connectivity index (χ3n) is 5.88. The molecule has 0 bridgehead atoms. The van der Waals surface area contributed by atoms with E-state index in [1.165, 1.54) is 5.56 Å². The standard InChI is InChI=1S/C26H31N3O5/c1-26(2,3)20-8-4-19(5-9-20)25-27-23(34-28-25)17-33-21-10-6-18(7-11-21)22-16-29(14-15-32-22)13-12-24(30)31/h4-11,22H,12-17H2,1-3H3,(H,30,31). The molecule has 2 heterocycles. The van der Waals surface area contributed by atoms with Crippen LogP contribution in [0.4, 0.5) is 0 Å². The molecule has 0 aliphatic carbocycles. The van der Waals surface area contributed by atoms with Gasteiger partial charge in [0.15, 0.2) is 6.61 Å². The predicted molar refractivity (Wildman–Crippen MR) is 127 cm³/mol. The molecule has 8 nitrogen and oxygen atoms in total. The Balaban J connectivity index is 1.31. The Kier molecular flexibility index (Phi) is 7.29. The number of carboxylic acids is 1. The summed E-state index contributed by atoms with van der Waals surface area (Å²) in [4.78, 5) is 17.4. The molecule has 1 unspecified atom stereocenters. The van der Waals surface area contributed by atoms with Crippen LogP contribution in [0, 0.1) is 0 Å². The molecule has 8 heteroatoms. The van der Waals surface area contributed by atoms with Crippen LogP contribution in [0.5, 0.6) is 5.75 Å². The molecule has 180 valence electrons. The maximum absolute atomic E-state index is 10.8. The summed E-state index contributed by atoms with van der Waals surface area (Å²) >= 11 is 0. The monoisotopic (exact) mass is 465 g/mol. The van der Waals surface area contributed by atoms with Gasteiger partial charge < -0.3 is 19.1 Å². The zero-order chi connectivity index (χ0) is 24.1. The largest absolute Gasteiger partial charge is 0.484 e. The molecule has 4 rings (SSSR count). The Morgan fingerprint density at radius 1 is 1.15 bits per heavy atom. The van der Waals surface area contributed by atoms with Crippen molar-refractivity contribution in [2.24, 2.45) is 0 Å². The second kappa shape index (κ2) is 10.4. The molecule has 0 radical (unpaired) electrons. The summed E-state index contributed by atoms with van der Waals surface area (Å²) in [6.07, 6.45) is 0.0545. The molecule has 0 spiro atoms. The molecule has 34 heavy (non-hydrogen) atoms. The van der Waals surface area contributed by atoms with Gasteiger partial charge in [0.05, 0.1) is 19.1 Å². The first-order valence-corrected chi connectivity index (χ1v) is 11.5. The summed E-state index contributed by atoms with van der Waals surface area (Å²) in [5, 5.41) is 13.0. The minimum absolute atomic E-state index is 0.0836. The van der Waals surface area contributed by atoms with Gasteiger partial charge in [-0.2, -0.15) is 4.98 Å². The molecule has 0 saturated carbocycles. The molecular weight excluding hydrogens is 434 g/mol. The summed E-state index contributed by atoms with van der Waals surface area (Å²) in [7, 11) is 0. The van der Waals surface area contributed by atoms with Crippen molar-refractivity contribution in [1.82, 2.24) is 15.0 Å². The van der Waals surface area contributed by atoms with E-state index in [2.05, 4.69) is 47.9 Å². The lowest BCUT2D eigenvalue weighted by atomic mass is 9.87. The first-order valence-electron chi connectivity index (χ1n) is 11.5. The highest BCUT2D eigenvalue weighted by molar-refractivity contribution is 5.66. The zero-order valence-electron chi connectivity index (χ0n) is 19.9. The van der Waals surface area contributed by atoms with Crippen molar-refractivity contribution in [1.29, 1.82) is 0 Å². The summed E-state index contributed by atoms with van der Waals surface area (Å²) in [6.45, 7) is 9.25. The second-order valence-electron chi connectivity index (χ2n) is 9.50. The van der Waals surface area contributed by atoms with Gasteiger partial charge in [-0.25, -0.2) is 0 Å². The molecule has 2 aromatic carbocycles. The van der Waals surface area contributed by atoms with Crippen molar-refractivity contribution in [3.8, 4) is 17.1 Å². The van der Waals surface area contributed by atoms with E-state index >= 15 is 0 Å². The van der Waals surface area contributed by atoms with Gasteiger partial charge in [0, 0.05) is 25.2 Å². The quantitative estimate of drug-likeness (QED) is 0.521. The van der Waals surface area contributed by atoms with E-state index in [-0.39, 0.29) is 24.5 Å².